The van der Waals surface area contributed by atoms with Crippen molar-refractivity contribution >= 4 is 35.0 Å². The Balaban J connectivity index is 1.91. The summed E-state index contributed by atoms with van der Waals surface area (Å²) < 4.78 is 0. The molecule has 0 bridgehead atoms. The Morgan fingerprint density at radius 2 is 1.49 bits per heavy atom. The van der Waals surface area contributed by atoms with Crippen LogP contribution in [-0.4, -0.2) is 28.8 Å². The van der Waals surface area contributed by atoms with Crippen LogP contribution in [0.25, 0.3) is 0 Å². The van der Waals surface area contributed by atoms with Crippen LogP contribution in [0, 0.1) is 0 Å². The largest absolute Gasteiger partial charge is 0.352 e. The monoisotopic (exact) mass is 538 g/mol. The van der Waals surface area contributed by atoms with E-state index in [0.29, 0.717) is 29.3 Å². The van der Waals surface area contributed by atoms with Crippen molar-refractivity contribution in [2.45, 2.75) is 71.5 Å². The lowest BCUT2D eigenvalue weighted by atomic mass is 10.0. The molecule has 2 amide bonds. The van der Waals surface area contributed by atoms with E-state index < -0.39 is 6.04 Å². The van der Waals surface area contributed by atoms with Gasteiger partial charge in [0.25, 0.3) is 0 Å². The summed E-state index contributed by atoms with van der Waals surface area (Å²) in [6.45, 7) is 6.38. The number of rotatable bonds is 12. The van der Waals surface area contributed by atoms with Crippen LogP contribution in [0.2, 0.25) is 10.0 Å². The van der Waals surface area contributed by atoms with Crippen LogP contribution in [0.15, 0.2) is 72.8 Å². The van der Waals surface area contributed by atoms with Gasteiger partial charge in [0.15, 0.2) is 0 Å². The lowest BCUT2D eigenvalue weighted by Crippen LogP contribution is -2.52. The standard InChI is InChI=1S/C31H36Cl2N2O2/c1-4-22(3)34-31(37)29(20-25-9-7-6-8-10-25)35(21-26-15-17-27(32)28(33)19-26)30(36)18-16-24-13-11-23(5-2)12-14-24/h6-15,17,19,22,29H,4-5,16,18,20-21H2,1-3H3,(H,34,37)/t22-,29-/m1/s1. The summed E-state index contributed by atoms with van der Waals surface area (Å²) in [4.78, 5) is 29.0. The first-order valence-corrected chi connectivity index (χ1v) is 13.7. The number of hydrogen-bond donors (Lipinski definition) is 1. The van der Waals surface area contributed by atoms with Gasteiger partial charge in [-0.05, 0) is 60.6 Å². The summed E-state index contributed by atoms with van der Waals surface area (Å²) in [6, 6.07) is 22.8. The molecule has 0 fully saturated rings. The minimum atomic E-state index is -0.666. The van der Waals surface area contributed by atoms with E-state index in [-0.39, 0.29) is 24.4 Å². The van der Waals surface area contributed by atoms with Crippen LogP contribution >= 0.6 is 23.2 Å². The van der Waals surface area contributed by atoms with E-state index in [1.165, 1.54) is 5.56 Å². The van der Waals surface area contributed by atoms with Gasteiger partial charge in [-0.2, -0.15) is 0 Å². The van der Waals surface area contributed by atoms with Crippen molar-refractivity contribution in [1.29, 1.82) is 0 Å². The molecule has 1 N–H and O–H groups in total. The second-order valence-corrected chi connectivity index (χ2v) is 10.3. The van der Waals surface area contributed by atoms with Crippen LogP contribution in [0.5, 0.6) is 0 Å². The van der Waals surface area contributed by atoms with E-state index in [9.17, 15) is 9.59 Å². The number of halogens is 2. The van der Waals surface area contributed by atoms with E-state index in [1.807, 2.05) is 50.2 Å². The molecule has 0 radical (unpaired) electrons. The normalized spacial score (nSPS) is 12.6. The first-order valence-electron chi connectivity index (χ1n) is 13.0. The lowest BCUT2D eigenvalue weighted by molar-refractivity contribution is -0.141. The van der Waals surface area contributed by atoms with Gasteiger partial charge in [0, 0.05) is 25.4 Å². The Labute approximate surface area is 231 Å². The number of hydrogen-bond acceptors (Lipinski definition) is 2. The van der Waals surface area contributed by atoms with Crippen molar-refractivity contribution in [2.24, 2.45) is 0 Å². The maximum atomic E-state index is 13.8. The Morgan fingerprint density at radius 3 is 2.11 bits per heavy atom. The van der Waals surface area contributed by atoms with E-state index in [4.69, 9.17) is 23.2 Å². The van der Waals surface area contributed by atoms with Gasteiger partial charge in [0.1, 0.15) is 6.04 Å². The highest BCUT2D eigenvalue weighted by Crippen LogP contribution is 2.25. The first kappa shape index (κ1) is 28.7. The molecule has 0 unspecified atom stereocenters. The van der Waals surface area contributed by atoms with Crippen LogP contribution in [0.4, 0.5) is 0 Å². The maximum absolute atomic E-state index is 13.8. The number of nitrogens with zero attached hydrogens (tertiary/aromatic N) is 1. The molecule has 0 spiro atoms. The van der Waals surface area contributed by atoms with E-state index >= 15 is 0 Å². The van der Waals surface area contributed by atoms with Gasteiger partial charge in [-0.15, -0.1) is 0 Å². The molecule has 3 rings (SSSR count). The fraction of sp³-hybridized carbons (Fsp3) is 0.355. The molecule has 0 saturated carbocycles. The van der Waals surface area contributed by atoms with E-state index in [1.54, 1.807) is 17.0 Å². The topological polar surface area (TPSA) is 49.4 Å². The molecular weight excluding hydrogens is 503 g/mol. The maximum Gasteiger partial charge on any atom is 0.243 e. The number of carbonyl (C=O) groups excluding carboxylic acids is 2. The van der Waals surface area contributed by atoms with Crippen LogP contribution < -0.4 is 5.32 Å². The van der Waals surface area contributed by atoms with Gasteiger partial charge in [-0.3, -0.25) is 9.59 Å². The second kappa shape index (κ2) is 14.2. The molecule has 0 aliphatic carbocycles. The highest BCUT2D eigenvalue weighted by atomic mass is 35.5. The Hall–Kier alpha value is -2.82. The van der Waals surface area contributed by atoms with Gasteiger partial charge in [0.2, 0.25) is 11.8 Å². The zero-order valence-electron chi connectivity index (χ0n) is 21.8. The smallest absolute Gasteiger partial charge is 0.243 e. The molecule has 3 aromatic rings. The molecule has 6 heteroatoms. The third-order valence-corrected chi connectivity index (χ3v) is 7.41. The Kier molecular flexibility index (Phi) is 11.0. The van der Waals surface area contributed by atoms with Gasteiger partial charge in [-0.25, -0.2) is 0 Å². The first-order chi connectivity index (χ1) is 17.8. The van der Waals surface area contributed by atoms with Crippen molar-refractivity contribution in [2.75, 3.05) is 0 Å². The molecule has 0 saturated heterocycles. The van der Waals surface area contributed by atoms with Crippen molar-refractivity contribution in [1.82, 2.24) is 10.2 Å². The van der Waals surface area contributed by atoms with Crippen LogP contribution in [0.3, 0.4) is 0 Å². The Morgan fingerprint density at radius 1 is 0.838 bits per heavy atom. The van der Waals surface area contributed by atoms with Gasteiger partial charge in [-0.1, -0.05) is 97.7 Å². The Bertz CT molecular complexity index is 1170. The van der Waals surface area contributed by atoms with Crippen molar-refractivity contribution in [3.05, 3.63) is 105 Å². The average molecular weight is 540 g/mol. The molecule has 37 heavy (non-hydrogen) atoms. The quantitative estimate of drug-likeness (QED) is 0.268. The zero-order valence-corrected chi connectivity index (χ0v) is 23.4. The number of aryl methyl sites for hydroxylation is 2. The number of carbonyl (C=O) groups is 2. The van der Waals surface area contributed by atoms with Crippen molar-refractivity contribution in [3.63, 3.8) is 0 Å². The summed E-state index contributed by atoms with van der Waals surface area (Å²) in [6.07, 6.45) is 3.10. The molecular formula is C31H36Cl2N2O2. The van der Waals surface area contributed by atoms with Gasteiger partial charge < -0.3 is 10.2 Å². The molecule has 0 aromatic heterocycles. The van der Waals surface area contributed by atoms with Crippen LogP contribution in [-0.2, 0) is 35.4 Å². The average Bonchev–Trinajstić information content (AvgIpc) is 2.91. The SMILES string of the molecule is CCc1ccc(CCC(=O)N(Cc2ccc(Cl)c(Cl)c2)[C@H](Cc2ccccc2)C(=O)N[C@H](C)CC)cc1. The molecule has 4 nitrogen and oxygen atoms in total. The summed E-state index contributed by atoms with van der Waals surface area (Å²) in [5, 5.41) is 3.97. The minimum Gasteiger partial charge on any atom is -0.352 e. The highest BCUT2D eigenvalue weighted by Gasteiger charge is 2.30. The lowest BCUT2D eigenvalue weighted by Gasteiger charge is -2.32. The van der Waals surface area contributed by atoms with Gasteiger partial charge >= 0.3 is 0 Å². The fourth-order valence-corrected chi connectivity index (χ4v) is 4.49. The second-order valence-electron chi connectivity index (χ2n) is 9.46. The predicted octanol–water partition coefficient (Wildman–Crippen LogP) is 7.04. The van der Waals surface area contributed by atoms with Crippen molar-refractivity contribution in [3.8, 4) is 0 Å². The molecule has 0 aliphatic heterocycles. The summed E-state index contributed by atoms with van der Waals surface area (Å²) in [5.74, 6) is -0.232. The minimum absolute atomic E-state index is 0.00443. The molecule has 196 valence electrons. The third kappa shape index (κ3) is 8.62. The molecule has 0 aliphatic rings. The number of amides is 2. The predicted molar refractivity (Wildman–Crippen MR) is 153 cm³/mol. The summed E-state index contributed by atoms with van der Waals surface area (Å²) >= 11 is 12.4. The van der Waals surface area contributed by atoms with Gasteiger partial charge in [0.05, 0.1) is 10.0 Å². The van der Waals surface area contributed by atoms with Crippen molar-refractivity contribution < 1.29 is 9.59 Å². The number of benzene rings is 3. The summed E-state index contributed by atoms with van der Waals surface area (Å²) in [5.41, 5.74) is 4.18. The van der Waals surface area contributed by atoms with E-state index in [0.717, 1.165) is 29.5 Å². The highest BCUT2D eigenvalue weighted by molar-refractivity contribution is 6.42. The molecule has 2 atom stereocenters. The fourth-order valence-electron chi connectivity index (χ4n) is 4.17. The molecule has 0 heterocycles. The number of nitrogens with one attached hydrogen (secondary N) is 1. The van der Waals surface area contributed by atoms with E-state index in [2.05, 4.69) is 36.5 Å². The zero-order chi connectivity index (χ0) is 26.8. The molecule has 3 aromatic carbocycles. The van der Waals surface area contributed by atoms with Crippen LogP contribution in [0.1, 0.15) is 55.9 Å². The third-order valence-electron chi connectivity index (χ3n) is 6.67. The summed E-state index contributed by atoms with van der Waals surface area (Å²) in [7, 11) is 0.